The van der Waals surface area contributed by atoms with E-state index in [4.69, 9.17) is 5.11 Å². The minimum atomic E-state index is -1.28. The molecule has 1 aromatic carbocycles. The minimum Gasteiger partial charge on any atom is -0.477 e. The smallest absolute Gasteiger partial charge is 0.342 e. The standard InChI is InChI=1S/C14H19N3O4/c1-3-15-6-7-16(9-10(15)2)11-4-5-12(14(18)19)13(8-11)17(20)21/h4-5,8,10H,3,6-7,9H2,1-2H3,(H,18,19). The second-order valence-electron chi connectivity index (χ2n) is 5.19. The van der Waals surface area contributed by atoms with Crippen LogP contribution in [0, 0.1) is 10.1 Å². The lowest BCUT2D eigenvalue weighted by molar-refractivity contribution is -0.385. The van der Waals surface area contributed by atoms with Crippen molar-refractivity contribution < 1.29 is 14.8 Å². The highest BCUT2D eigenvalue weighted by molar-refractivity contribution is 5.93. The average molecular weight is 293 g/mol. The lowest BCUT2D eigenvalue weighted by Crippen LogP contribution is -2.51. The third-order valence-electron chi connectivity index (χ3n) is 3.94. The molecule has 1 aliphatic heterocycles. The van der Waals surface area contributed by atoms with Gasteiger partial charge >= 0.3 is 5.97 Å². The molecule has 7 heteroatoms. The normalized spacial score (nSPS) is 19.5. The second kappa shape index (κ2) is 6.09. The summed E-state index contributed by atoms with van der Waals surface area (Å²) < 4.78 is 0. The van der Waals surface area contributed by atoms with Crippen LogP contribution in [0.25, 0.3) is 0 Å². The molecule has 0 saturated carbocycles. The molecule has 1 fully saturated rings. The molecule has 0 bridgehead atoms. The molecule has 0 aliphatic carbocycles. The molecule has 1 aliphatic rings. The fourth-order valence-electron chi connectivity index (χ4n) is 2.75. The molecule has 21 heavy (non-hydrogen) atoms. The summed E-state index contributed by atoms with van der Waals surface area (Å²) in [5, 5.41) is 20.0. The van der Waals surface area contributed by atoms with E-state index in [9.17, 15) is 14.9 Å². The van der Waals surface area contributed by atoms with E-state index in [-0.39, 0.29) is 11.3 Å². The van der Waals surface area contributed by atoms with E-state index in [1.54, 1.807) is 6.07 Å². The van der Waals surface area contributed by atoms with Crippen molar-refractivity contribution in [2.75, 3.05) is 31.1 Å². The fourth-order valence-corrected chi connectivity index (χ4v) is 2.75. The van der Waals surface area contributed by atoms with Crippen LogP contribution in [-0.4, -0.2) is 53.1 Å². The second-order valence-corrected chi connectivity index (χ2v) is 5.19. The summed E-state index contributed by atoms with van der Waals surface area (Å²) >= 11 is 0. The first-order chi connectivity index (χ1) is 9.93. The van der Waals surface area contributed by atoms with Gasteiger partial charge in [-0.25, -0.2) is 4.79 Å². The Morgan fingerprint density at radius 1 is 1.48 bits per heavy atom. The first-order valence-electron chi connectivity index (χ1n) is 6.94. The molecule has 0 amide bonds. The zero-order valence-electron chi connectivity index (χ0n) is 12.2. The summed E-state index contributed by atoms with van der Waals surface area (Å²) in [5.74, 6) is -1.28. The highest BCUT2D eigenvalue weighted by atomic mass is 16.6. The number of hydrogen-bond donors (Lipinski definition) is 1. The Morgan fingerprint density at radius 2 is 2.19 bits per heavy atom. The van der Waals surface area contributed by atoms with Gasteiger partial charge in [0.2, 0.25) is 0 Å². The van der Waals surface area contributed by atoms with Crippen molar-refractivity contribution >= 4 is 17.3 Å². The van der Waals surface area contributed by atoms with Crippen LogP contribution in [0.1, 0.15) is 24.2 Å². The van der Waals surface area contributed by atoms with Crippen LogP contribution in [0.3, 0.4) is 0 Å². The Hall–Kier alpha value is -2.15. The Balaban J connectivity index is 2.27. The van der Waals surface area contributed by atoms with Gasteiger partial charge in [0.15, 0.2) is 0 Å². The topological polar surface area (TPSA) is 86.9 Å². The number of nitro benzene ring substituents is 1. The maximum atomic E-state index is 11.0. The van der Waals surface area contributed by atoms with Gasteiger partial charge < -0.3 is 10.0 Å². The van der Waals surface area contributed by atoms with Crippen molar-refractivity contribution in [3.8, 4) is 0 Å². The van der Waals surface area contributed by atoms with Crippen LogP contribution in [0.5, 0.6) is 0 Å². The molecular weight excluding hydrogens is 274 g/mol. The molecule has 1 unspecified atom stereocenters. The summed E-state index contributed by atoms with van der Waals surface area (Å²) in [6.45, 7) is 7.66. The molecule has 1 saturated heterocycles. The van der Waals surface area contributed by atoms with Crippen LogP contribution in [0.2, 0.25) is 0 Å². The number of benzene rings is 1. The van der Waals surface area contributed by atoms with E-state index in [2.05, 4.69) is 23.6 Å². The predicted molar refractivity (Wildman–Crippen MR) is 79.0 cm³/mol. The SMILES string of the molecule is CCN1CCN(c2ccc(C(=O)O)c([N+](=O)[O-])c2)CC1C. The lowest BCUT2D eigenvalue weighted by atomic mass is 10.1. The Labute approximate surface area is 122 Å². The van der Waals surface area contributed by atoms with Crippen molar-refractivity contribution in [1.29, 1.82) is 0 Å². The molecule has 0 radical (unpaired) electrons. The lowest BCUT2D eigenvalue weighted by Gasteiger charge is -2.40. The fraction of sp³-hybridized carbons (Fsp3) is 0.500. The largest absolute Gasteiger partial charge is 0.477 e. The zero-order chi connectivity index (χ0) is 15.6. The van der Waals surface area contributed by atoms with E-state index in [1.165, 1.54) is 12.1 Å². The summed E-state index contributed by atoms with van der Waals surface area (Å²) in [7, 11) is 0. The minimum absolute atomic E-state index is 0.274. The van der Waals surface area contributed by atoms with E-state index < -0.39 is 10.9 Å². The van der Waals surface area contributed by atoms with Gasteiger partial charge in [0.25, 0.3) is 5.69 Å². The van der Waals surface area contributed by atoms with Gasteiger partial charge in [0.05, 0.1) is 4.92 Å². The maximum absolute atomic E-state index is 11.0. The number of aromatic carboxylic acids is 1. The van der Waals surface area contributed by atoms with Gasteiger partial charge in [0.1, 0.15) is 5.56 Å². The number of likely N-dealkylation sites (N-methyl/N-ethyl adjacent to an activating group) is 1. The van der Waals surface area contributed by atoms with Crippen molar-refractivity contribution in [3.63, 3.8) is 0 Å². The van der Waals surface area contributed by atoms with Crippen LogP contribution in [0.15, 0.2) is 18.2 Å². The van der Waals surface area contributed by atoms with Crippen molar-refractivity contribution in [2.24, 2.45) is 0 Å². The summed E-state index contributed by atoms with van der Waals surface area (Å²) in [6.07, 6.45) is 0. The molecule has 7 nitrogen and oxygen atoms in total. The Bertz CT molecular complexity index is 561. The summed E-state index contributed by atoms with van der Waals surface area (Å²) in [6, 6.07) is 4.68. The number of rotatable bonds is 4. The average Bonchev–Trinajstić information content (AvgIpc) is 2.46. The number of carbonyl (C=O) groups is 1. The molecule has 1 aromatic rings. The molecular formula is C14H19N3O4. The molecule has 1 heterocycles. The van der Waals surface area contributed by atoms with E-state index in [1.807, 2.05) is 0 Å². The highest BCUT2D eigenvalue weighted by Crippen LogP contribution is 2.27. The molecule has 1 atom stereocenters. The monoisotopic (exact) mass is 293 g/mol. The molecule has 1 N–H and O–H groups in total. The van der Waals surface area contributed by atoms with Crippen LogP contribution in [0.4, 0.5) is 11.4 Å². The number of piperazine rings is 1. The molecule has 2 rings (SSSR count). The summed E-state index contributed by atoms with van der Waals surface area (Å²) in [4.78, 5) is 25.8. The van der Waals surface area contributed by atoms with E-state index in [0.717, 1.165) is 26.2 Å². The number of nitro groups is 1. The van der Waals surface area contributed by atoms with Gasteiger partial charge in [-0.2, -0.15) is 0 Å². The number of hydrogen-bond acceptors (Lipinski definition) is 5. The first kappa shape index (κ1) is 15.2. The zero-order valence-corrected chi connectivity index (χ0v) is 12.2. The molecule has 0 spiro atoms. The molecule has 0 aromatic heterocycles. The summed E-state index contributed by atoms with van der Waals surface area (Å²) in [5.41, 5.74) is 0.0730. The third kappa shape index (κ3) is 3.13. The van der Waals surface area contributed by atoms with Crippen molar-refractivity contribution in [3.05, 3.63) is 33.9 Å². The van der Waals surface area contributed by atoms with Crippen LogP contribution < -0.4 is 4.90 Å². The van der Waals surface area contributed by atoms with Gasteiger partial charge in [-0.05, 0) is 25.6 Å². The van der Waals surface area contributed by atoms with Gasteiger partial charge in [-0.1, -0.05) is 6.92 Å². The van der Waals surface area contributed by atoms with Crippen molar-refractivity contribution in [2.45, 2.75) is 19.9 Å². The van der Waals surface area contributed by atoms with Crippen molar-refractivity contribution in [1.82, 2.24) is 4.90 Å². The highest BCUT2D eigenvalue weighted by Gasteiger charge is 2.26. The van der Waals surface area contributed by atoms with E-state index >= 15 is 0 Å². The quantitative estimate of drug-likeness (QED) is 0.673. The maximum Gasteiger partial charge on any atom is 0.342 e. The Morgan fingerprint density at radius 3 is 2.71 bits per heavy atom. The van der Waals surface area contributed by atoms with Crippen LogP contribution in [-0.2, 0) is 0 Å². The first-order valence-corrected chi connectivity index (χ1v) is 6.94. The van der Waals surface area contributed by atoms with Crippen LogP contribution >= 0.6 is 0 Å². The number of anilines is 1. The van der Waals surface area contributed by atoms with E-state index in [0.29, 0.717) is 11.7 Å². The molecule has 114 valence electrons. The number of nitrogens with zero attached hydrogens (tertiary/aromatic N) is 3. The van der Waals surface area contributed by atoms with Gasteiger partial charge in [-0.3, -0.25) is 15.0 Å². The van der Waals surface area contributed by atoms with Gasteiger partial charge in [-0.15, -0.1) is 0 Å². The number of carboxylic acids is 1. The predicted octanol–water partition coefficient (Wildman–Crippen LogP) is 1.82. The Kier molecular flexibility index (Phi) is 4.42. The number of carboxylic acid groups (broad SMARTS) is 1. The third-order valence-corrected chi connectivity index (χ3v) is 3.94. The van der Waals surface area contributed by atoms with Gasteiger partial charge in [0, 0.05) is 37.4 Å².